The zero-order valence-electron chi connectivity index (χ0n) is 10.9. The summed E-state index contributed by atoms with van der Waals surface area (Å²) in [5.41, 5.74) is -0.311. The first-order valence-electron chi connectivity index (χ1n) is 6.38. The number of aliphatic carboxylic acids is 1. The second-order valence-electron chi connectivity index (χ2n) is 4.95. The van der Waals surface area contributed by atoms with Crippen LogP contribution in [0.15, 0.2) is 24.3 Å². The number of halogens is 1. The Hall–Kier alpha value is -0.660. The fourth-order valence-electron chi connectivity index (χ4n) is 2.21. The molecule has 2 unspecified atom stereocenters. The van der Waals surface area contributed by atoms with Gasteiger partial charge in [0.05, 0.1) is 6.10 Å². The molecule has 0 radical (unpaired) electrons. The van der Waals surface area contributed by atoms with E-state index in [0.29, 0.717) is 6.54 Å². The topological polar surface area (TPSA) is 58.6 Å². The maximum absolute atomic E-state index is 11.6. The largest absolute Gasteiger partial charge is 0.480 e. The molecule has 1 fully saturated rings. The summed E-state index contributed by atoms with van der Waals surface area (Å²) >= 11 is 2.21. The number of carboxylic acid groups (broad SMARTS) is 1. The first-order chi connectivity index (χ1) is 9.02. The van der Waals surface area contributed by atoms with Crippen molar-refractivity contribution in [3.63, 3.8) is 0 Å². The van der Waals surface area contributed by atoms with Crippen LogP contribution in [0.5, 0.6) is 0 Å². The number of hydrogen-bond acceptors (Lipinski definition) is 3. The van der Waals surface area contributed by atoms with Gasteiger partial charge in [0, 0.05) is 16.7 Å². The van der Waals surface area contributed by atoms with E-state index in [1.54, 1.807) is 6.92 Å². The molecule has 19 heavy (non-hydrogen) atoms. The van der Waals surface area contributed by atoms with E-state index >= 15 is 0 Å². The van der Waals surface area contributed by atoms with E-state index in [4.69, 9.17) is 4.74 Å². The van der Waals surface area contributed by atoms with Crippen molar-refractivity contribution in [1.29, 1.82) is 0 Å². The lowest BCUT2D eigenvalue weighted by atomic mass is 9.92. The zero-order valence-corrected chi connectivity index (χ0v) is 13.0. The Labute approximate surface area is 126 Å². The Morgan fingerprint density at radius 1 is 1.53 bits per heavy atom. The molecule has 2 rings (SSSR count). The van der Waals surface area contributed by atoms with Gasteiger partial charge in [-0.25, -0.2) is 4.79 Å². The average Bonchev–Trinajstić information content (AvgIpc) is 2.89. The highest BCUT2D eigenvalue weighted by atomic mass is 127. The summed E-state index contributed by atoms with van der Waals surface area (Å²) in [5, 5.41) is 12.7. The van der Waals surface area contributed by atoms with Crippen molar-refractivity contribution in [3.8, 4) is 0 Å². The molecule has 0 saturated carbocycles. The van der Waals surface area contributed by atoms with Crippen LogP contribution in [0.1, 0.15) is 25.3 Å². The van der Waals surface area contributed by atoms with Crippen LogP contribution in [-0.2, 0) is 15.1 Å². The summed E-state index contributed by atoms with van der Waals surface area (Å²) in [5.74, 6) is -0.869. The van der Waals surface area contributed by atoms with Gasteiger partial charge in [-0.05, 0) is 60.1 Å². The SMILES string of the molecule is CC(NCC1CCCO1)(C(=O)O)c1ccc(I)cc1. The first kappa shape index (κ1) is 14.7. The second-order valence-corrected chi connectivity index (χ2v) is 6.20. The quantitative estimate of drug-likeness (QED) is 0.776. The molecule has 0 bridgehead atoms. The van der Waals surface area contributed by atoms with Crippen LogP contribution in [-0.4, -0.2) is 30.3 Å². The molecule has 0 spiro atoms. The Balaban J connectivity index is 2.12. The van der Waals surface area contributed by atoms with Crippen LogP contribution < -0.4 is 5.32 Å². The molecule has 0 aliphatic carbocycles. The third kappa shape index (κ3) is 3.46. The Kier molecular flexibility index (Phi) is 4.81. The van der Waals surface area contributed by atoms with Gasteiger partial charge >= 0.3 is 5.97 Å². The number of rotatable bonds is 5. The van der Waals surface area contributed by atoms with E-state index in [2.05, 4.69) is 27.9 Å². The number of nitrogens with one attached hydrogen (secondary N) is 1. The molecular weight excluding hydrogens is 357 g/mol. The third-order valence-electron chi connectivity index (χ3n) is 3.56. The lowest BCUT2D eigenvalue weighted by molar-refractivity contribution is -0.144. The van der Waals surface area contributed by atoms with Crippen molar-refractivity contribution in [1.82, 2.24) is 5.32 Å². The van der Waals surface area contributed by atoms with Crippen LogP contribution >= 0.6 is 22.6 Å². The van der Waals surface area contributed by atoms with E-state index < -0.39 is 11.5 Å². The summed E-state index contributed by atoms with van der Waals surface area (Å²) in [7, 11) is 0. The predicted octanol–water partition coefficient (Wildman–Crippen LogP) is 2.36. The summed E-state index contributed by atoms with van der Waals surface area (Å²) in [6, 6.07) is 7.56. The molecule has 0 amide bonds. The second kappa shape index (κ2) is 6.19. The minimum absolute atomic E-state index is 0.127. The fraction of sp³-hybridized carbons (Fsp3) is 0.500. The van der Waals surface area contributed by atoms with Gasteiger partial charge in [-0.1, -0.05) is 12.1 Å². The predicted molar refractivity (Wildman–Crippen MR) is 81.1 cm³/mol. The maximum atomic E-state index is 11.6. The summed E-state index contributed by atoms with van der Waals surface area (Å²) in [6.45, 7) is 3.04. The lowest BCUT2D eigenvalue weighted by Gasteiger charge is -2.28. The first-order valence-corrected chi connectivity index (χ1v) is 7.46. The van der Waals surface area contributed by atoms with Crippen LogP contribution in [0.25, 0.3) is 0 Å². The number of carbonyl (C=O) groups is 1. The highest BCUT2D eigenvalue weighted by Crippen LogP contribution is 2.23. The molecule has 2 atom stereocenters. The minimum Gasteiger partial charge on any atom is -0.480 e. The summed E-state index contributed by atoms with van der Waals surface area (Å²) in [4.78, 5) is 11.6. The molecule has 1 aromatic carbocycles. The van der Waals surface area contributed by atoms with Crippen LogP contribution in [0, 0.1) is 3.57 Å². The fourth-order valence-corrected chi connectivity index (χ4v) is 2.57. The molecule has 1 heterocycles. The van der Waals surface area contributed by atoms with Crippen molar-refractivity contribution < 1.29 is 14.6 Å². The maximum Gasteiger partial charge on any atom is 0.328 e. The zero-order chi connectivity index (χ0) is 13.9. The van der Waals surface area contributed by atoms with Crippen molar-refractivity contribution in [2.45, 2.75) is 31.4 Å². The van der Waals surface area contributed by atoms with E-state index in [9.17, 15) is 9.90 Å². The smallest absolute Gasteiger partial charge is 0.328 e. The van der Waals surface area contributed by atoms with Crippen LogP contribution in [0.3, 0.4) is 0 Å². The van der Waals surface area contributed by atoms with Gasteiger partial charge in [0.25, 0.3) is 0 Å². The molecule has 1 aliphatic rings. The molecular formula is C14H18INO3. The van der Waals surface area contributed by atoms with Crippen molar-refractivity contribution in [2.24, 2.45) is 0 Å². The minimum atomic E-state index is -1.07. The molecule has 1 aromatic rings. The molecule has 5 heteroatoms. The van der Waals surface area contributed by atoms with E-state index in [1.807, 2.05) is 24.3 Å². The monoisotopic (exact) mass is 375 g/mol. The van der Waals surface area contributed by atoms with Crippen LogP contribution in [0.2, 0.25) is 0 Å². The molecule has 104 valence electrons. The highest BCUT2D eigenvalue weighted by molar-refractivity contribution is 14.1. The normalized spacial score (nSPS) is 22.1. The Bertz CT molecular complexity index is 443. The van der Waals surface area contributed by atoms with Crippen molar-refractivity contribution >= 4 is 28.6 Å². The third-order valence-corrected chi connectivity index (χ3v) is 4.28. The van der Waals surface area contributed by atoms with Gasteiger partial charge in [0.1, 0.15) is 5.54 Å². The summed E-state index contributed by atoms with van der Waals surface area (Å²) < 4.78 is 6.62. The van der Waals surface area contributed by atoms with Crippen LogP contribution in [0.4, 0.5) is 0 Å². The highest BCUT2D eigenvalue weighted by Gasteiger charge is 2.35. The standard InChI is InChI=1S/C14H18INO3/c1-14(13(17)18,10-4-6-11(15)7-5-10)16-9-12-3-2-8-19-12/h4-7,12,16H,2-3,8-9H2,1H3,(H,17,18). The Morgan fingerprint density at radius 3 is 2.74 bits per heavy atom. The molecule has 1 aliphatic heterocycles. The van der Waals surface area contributed by atoms with Gasteiger partial charge in [0.2, 0.25) is 0 Å². The van der Waals surface area contributed by atoms with E-state index in [1.165, 1.54) is 0 Å². The number of ether oxygens (including phenoxy) is 1. The van der Waals surface area contributed by atoms with Gasteiger partial charge in [0.15, 0.2) is 0 Å². The molecule has 1 saturated heterocycles. The molecule has 4 nitrogen and oxygen atoms in total. The molecule has 2 N–H and O–H groups in total. The van der Waals surface area contributed by atoms with Gasteiger partial charge in [-0.2, -0.15) is 0 Å². The van der Waals surface area contributed by atoms with E-state index in [0.717, 1.165) is 28.6 Å². The number of carboxylic acids is 1. The van der Waals surface area contributed by atoms with Gasteiger partial charge in [-0.15, -0.1) is 0 Å². The van der Waals surface area contributed by atoms with E-state index in [-0.39, 0.29) is 6.10 Å². The van der Waals surface area contributed by atoms with Gasteiger partial charge < -0.3 is 9.84 Å². The molecule has 0 aromatic heterocycles. The number of benzene rings is 1. The van der Waals surface area contributed by atoms with Gasteiger partial charge in [-0.3, -0.25) is 5.32 Å². The van der Waals surface area contributed by atoms with Crippen molar-refractivity contribution in [3.05, 3.63) is 33.4 Å². The average molecular weight is 375 g/mol. The Morgan fingerprint density at radius 2 is 2.21 bits per heavy atom. The summed E-state index contributed by atoms with van der Waals surface area (Å²) in [6.07, 6.45) is 2.18. The van der Waals surface area contributed by atoms with Crippen molar-refractivity contribution in [2.75, 3.05) is 13.2 Å². The lowest BCUT2D eigenvalue weighted by Crippen LogP contribution is -2.49. The number of hydrogen-bond donors (Lipinski definition) is 2.